The largest absolute Gasteiger partial charge is 0.481 e. The van der Waals surface area contributed by atoms with Crippen molar-refractivity contribution in [2.75, 3.05) is 13.2 Å². The first kappa shape index (κ1) is 13.2. The molecule has 0 bridgehead atoms. The van der Waals surface area contributed by atoms with E-state index in [1.165, 1.54) is 4.90 Å². The number of rotatable bonds is 6. The average molecular weight is 237 g/mol. The Balaban J connectivity index is 2.66. The highest BCUT2D eigenvalue weighted by molar-refractivity contribution is 5.93. The van der Waals surface area contributed by atoms with Crippen LogP contribution in [0.5, 0.6) is 0 Å². The number of nitrogens with zero attached hydrogens (tertiary/aromatic N) is 1. The summed E-state index contributed by atoms with van der Waals surface area (Å²) in [5.41, 5.74) is 0.902. The van der Waals surface area contributed by atoms with Crippen LogP contribution in [-0.4, -0.2) is 40.1 Å². The van der Waals surface area contributed by atoms with Gasteiger partial charge in [0.25, 0.3) is 0 Å². The maximum Gasteiger partial charge on any atom is 0.312 e. The van der Waals surface area contributed by atoms with Gasteiger partial charge in [0.1, 0.15) is 6.42 Å². The number of benzene rings is 1. The maximum atomic E-state index is 11.6. The quantitative estimate of drug-likeness (QED) is 0.705. The van der Waals surface area contributed by atoms with E-state index >= 15 is 0 Å². The van der Waals surface area contributed by atoms with Crippen molar-refractivity contribution in [2.45, 2.75) is 13.0 Å². The molecule has 1 aromatic carbocycles. The fourth-order valence-corrected chi connectivity index (χ4v) is 1.46. The van der Waals surface area contributed by atoms with Crippen LogP contribution in [-0.2, 0) is 16.1 Å². The first-order valence-electron chi connectivity index (χ1n) is 5.28. The number of carbonyl (C=O) groups excluding carboxylic acids is 1. The third kappa shape index (κ3) is 4.65. The van der Waals surface area contributed by atoms with E-state index in [2.05, 4.69) is 0 Å². The molecule has 17 heavy (non-hydrogen) atoms. The first-order valence-corrected chi connectivity index (χ1v) is 5.28. The summed E-state index contributed by atoms with van der Waals surface area (Å²) in [6.07, 6.45) is -0.549. The Morgan fingerprint density at radius 2 is 1.82 bits per heavy atom. The minimum absolute atomic E-state index is 0.140. The minimum atomic E-state index is -1.16. The Kier molecular flexibility index (Phi) is 5.16. The van der Waals surface area contributed by atoms with E-state index in [0.717, 1.165) is 5.56 Å². The molecule has 5 nitrogen and oxygen atoms in total. The molecular formula is C12H15NO4. The molecule has 1 rings (SSSR count). The third-order valence-electron chi connectivity index (χ3n) is 2.24. The van der Waals surface area contributed by atoms with Crippen LogP contribution in [0.2, 0.25) is 0 Å². The maximum absolute atomic E-state index is 11.6. The topological polar surface area (TPSA) is 77.8 Å². The summed E-state index contributed by atoms with van der Waals surface area (Å²) in [6, 6.07) is 9.23. The van der Waals surface area contributed by atoms with Gasteiger partial charge in [0.05, 0.1) is 6.61 Å². The molecule has 1 amide bonds. The lowest BCUT2D eigenvalue weighted by Gasteiger charge is -2.21. The van der Waals surface area contributed by atoms with E-state index in [0.29, 0.717) is 6.54 Å². The van der Waals surface area contributed by atoms with Crippen molar-refractivity contribution >= 4 is 11.9 Å². The standard InChI is InChI=1S/C12H15NO4/c14-7-6-13(11(15)8-12(16)17)9-10-4-2-1-3-5-10/h1-5,14H,6-9H2,(H,16,17). The monoisotopic (exact) mass is 237 g/mol. The molecule has 0 aliphatic heterocycles. The van der Waals surface area contributed by atoms with Crippen molar-refractivity contribution in [1.29, 1.82) is 0 Å². The van der Waals surface area contributed by atoms with E-state index in [-0.39, 0.29) is 13.2 Å². The Morgan fingerprint density at radius 3 is 2.35 bits per heavy atom. The van der Waals surface area contributed by atoms with Crippen LogP contribution in [0.4, 0.5) is 0 Å². The van der Waals surface area contributed by atoms with E-state index < -0.39 is 18.3 Å². The Morgan fingerprint density at radius 1 is 1.18 bits per heavy atom. The van der Waals surface area contributed by atoms with E-state index in [9.17, 15) is 9.59 Å². The minimum Gasteiger partial charge on any atom is -0.481 e. The third-order valence-corrected chi connectivity index (χ3v) is 2.24. The van der Waals surface area contributed by atoms with Crippen molar-refractivity contribution in [3.05, 3.63) is 35.9 Å². The fraction of sp³-hybridized carbons (Fsp3) is 0.333. The summed E-state index contributed by atoms with van der Waals surface area (Å²) < 4.78 is 0. The Labute approximate surface area is 99.3 Å². The molecule has 92 valence electrons. The van der Waals surface area contributed by atoms with Crippen LogP contribution < -0.4 is 0 Å². The van der Waals surface area contributed by atoms with Crippen LogP contribution >= 0.6 is 0 Å². The summed E-state index contributed by atoms with van der Waals surface area (Å²) >= 11 is 0. The van der Waals surface area contributed by atoms with Crippen LogP contribution in [0.25, 0.3) is 0 Å². The second-order valence-corrected chi connectivity index (χ2v) is 3.60. The molecule has 0 fully saturated rings. The predicted molar refractivity (Wildman–Crippen MR) is 61.2 cm³/mol. The Bertz CT molecular complexity index is 377. The van der Waals surface area contributed by atoms with Crippen molar-refractivity contribution < 1.29 is 19.8 Å². The van der Waals surface area contributed by atoms with Crippen molar-refractivity contribution in [3.8, 4) is 0 Å². The second kappa shape index (κ2) is 6.65. The molecule has 0 heterocycles. The summed E-state index contributed by atoms with van der Waals surface area (Å²) in [6.45, 7) is 0.271. The molecule has 1 aromatic rings. The molecule has 0 unspecified atom stereocenters. The molecule has 0 aliphatic carbocycles. The molecule has 2 N–H and O–H groups in total. The van der Waals surface area contributed by atoms with Gasteiger partial charge >= 0.3 is 5.97 Å². The van der Waals surface area contributed by atoms with Gasteiger partial charge < -0.3 is 15.1 Å². The van der Waals surface area contributed by atoms with Gasteiger partial charge in [-0.3, -0.25) is 9.59 Å². The van der Waals surface area contributed by atoms with Gasteiger partial charge in [0, 0.05) is 13.1 Å². The molecule has 0 aromatic heterocycles. The van der Waals surface area contributed by atoms with Crippen molar-refractivity contribution in [2.24, 2.45) is 0 Å². The van der Waals surface area contributed by atoms with Crippen molar-refractivity contribution in [1.82, 2.24) is 4.90 Å². The molecule has 5 heteroatoms. The lowest BCUT2D eigenvalue weighted by molar-refractivity contribution is -0.144. The molecule has 0 aliphatic rings. The fourth-order valence-electron chi connectivity index (χ4n) is 1.46. The number of amides is 1. The van der Waals surface area contributed by atoms with Gasteiger partial charge in [-0.25, -0.2) is 0 Å². The lowest BCUT2D eigenvalue weighted by atomic mass is 10.2. The zero-order valence-electron chi connectivity index (χ0n) is 9.37. The number of carboxylic acid groups (broad SMARTS) is 1. The lowest BCUT2D eigenvalue weighted by Crippen LogP contribution is -2.34. The zero-order chi connectivity index (χ0) is 12.7. The molecule has 0 atom stereocenters. The number of hydrogen-bond acceptors (Lipinski definition) is 3. The van der Waals surface area contributed by atoms with Gasteiger partial charge in [0.15, 0.2) is 0 Å². The second-order valence-electron chi connectivity index (χ2n) is 3.60. The highest BCUT2D eigenvalue weighted by Crippen LogP contribution is 2.05. The molecule has 0 radical (unpaired) electrons. The number of carbonyl (C=O) groups is 2. The highest BCUT2D eigenvalue weighted by atomic mass is 16.4. The summed E-state index contributed by atoms with van der Waals surface area (Å²) in [5, 5.41) is 17.4. The molecule has 0 saturated heterocycles. The number of aliphatic hydroxyl groups excluding tert-OH is 1. The van der Waals surface area contributed by atoms with Gasteiger partial charge in [-0.2, -0.15) is 0 Å². The van der Waals surface area contributed by atoms with Crippen LogP contribution in [0.3, 0.4) is 0 Å². The number of hydrogen-bond donors (Lipinski definition) is 2. The van der Waals surface area contributed by atoms with Crippen LogP contribution in [0.15, 0.2) is 30.3 Å². The number of aliphatic hydroxyl groups is 1. The average Bonchev–Trinajstić information content (AvgIpc) is 2.29. The normalized spacial score (nSPS) is 9.94. The van der Waals surface area contributed by atoms with Crippen LogP contribution in [0, 0.1) is 0 Å². The number of aliphatic carboxylic acids is 1. The summed E-state index contributed by atoms with van der Waals surface area (Å²) in [5.74, 6) is -1.65. The smallest absolute Gasteiger partial charge is 0.312 e. The highest BCUT2D eigenvalue weighted by Gasteiger charge is 2.16. The van der Waals surface area contributed by atoms with Gasteiger partial charge in [0.2, 0.25) is 5.91 Å². The summed E-state index contributed by atoms with van der Waals surface area (Å²) in [7, 11) is 0. The summed E-state index contributed by atoms with van der Waals surface area (Å²) in [4.78, 5) is 23.4. The first-order chi connectivity index (χ1) is 8.13. The van der Waals surface area contributed by atoms with E-state index in [1.54, 1.807) is 0 Å². The van der Waals surface area contributed by atoms with Crippen LogP contribution in [0.1, 0.15) is 12.0 Å². The molecule has 0 spiro atoms. The van der Waals surface area contributed by atoms with E-state index in [4.69, 9.17) is 10.2 Å². The van der Waals surface area contributed by atoms with Gasteiger partial charge in [-0.05, 0) is 5.56 Å². The van der Waals surface area contributed by atoms with Crippen molar-refractivity contribution in [3.63, 3.8) is 0 Å². The molecular weight excluding hydrogens is 222 g/mol. The SMILES string of the molecule is O=C(O)CC(=O)N(CCO)Cc1ccccc1. The predicted octanol–water partition coefficient (Wildman–Crippen LogP) is 0.482. The molecule has 0 saturated carbocycles. The van der Waals surface area contributed by atoms with Gasteiger partial charge in [-0.15, -0.1) is 0 Å². The van der Waals surface area contributed by atoms with Gasteiger partial charge in [-0.1, -0.05) is 30.3 Å². The number of carboxylic acids is 1. The Hall–Kier alpha value is -1.88. The van der Waals surface area contributed by atoms with E-state index in [1.807, 2.05) is 30.3 Å². The zero-order valence-corrected chi connectivity index (χ0v) is 9.37.